The largest absolute Gasteiger partial charge is 0.384 e. The second-order valence-corrected chi connectivity index (χ2v) is 5.82. The van der Waals surface area contributed by atoms with E-state index in [0.717, 1.165) is 52.5 Å². The van der Waals surface area contributed by atoms with E-state index in [1.807, 2.05) is 0 Å². The number of ether oxygens (including phenoxy) is 2. The van der Waals surface area contributed by atoms with Gasteiger partial charge in [0.2, 0.25) is 0 Å². The third-order valence-corrected chi connectivity index (χ3v) is 4.55. The molecule has 112 valence electrons. The normalized spacial score (nSPS) is 29.5. The number of likely N-dealkylation sites (tertiary alicyclic amines) is 1. The highest BCUT2D eigenvalue weighted by atomic mass is 16.5. The molecule has 2 aliphatic heterocycles. The van der Waals surface area contributed by atoms with E-state index in [2.05, 4.69) is 16.7 Å². The van der Waals surface area contributed by atoms with E-state index in [1.54, 1.807) is 7.11 Å². The van der Waals surface area contributed by atoms with Crippen LogP contribution in [0.4, 0.5) is 0 Å². The molecule has 0 spiro atoms. The molecule has 5 nitrogen and oxygen atoms in total. The van der Waals surface area contributed by atoms with Crippen LogP contribution < -0.4 is 5.73 Å². The summed E-state index contributed by atoms with van der Waals surface area (Å²) in [4.78, 5) is 5.14. The summed E-state index contributed by atoms with van der Waals surface area (Å²) in [5, 5.41) is 0. The van der Waals surface area contributed by atoms with Gasteiger partial charge in [-0.15, -0.1) is 0 Å². The fourth-order valence-corrected chi connectivity index (χ4v) is 3.43. The molecular formula is C14H29N3O2. The van der Waals surface area contributed by atoms with E-state index in [4.69, 9.17) is 15.2 Å². The average Bonchev–Trinajstić information content (AvgIpc) is 2.90. The maximum atomic E-state index is 5.98. The van der Waals surface area contributed by atoms with Crippen LogP contribution in [0.2, 0.25) is 0 Å². The van der Waals surface area contributed by atoms with Crippen LogP contribution in [0.25, 0.3) is 0 Å². The second kappa shape index (κ2) is 7.55. The van der Waals surface area contributed by atoms with Crippen molar-refractivity contribution in [1.29, 1.82) is 0 Å². The lowest BCUT2D eigenvalue weighted by atomic mass is 10.0. The van der Waals surface area contributed by atoms with Gasteiger partial charge in [0.15, 0.2) is 0 Å². The van der Waals surface area contributed by atoms with Gasteiger partial charge in [0.1, 0.15) is 0 Å². The summed E-state index contributed by atoms with van der Waals surface area (Å²) in [5.74, 6) is 0.499. The summed E-state index contributed by atoms with van der Waals surface area (Å²) in [7, 11) is 1.77. The Morgan fingerprint density at radius 2 is 2.05 bits per heavy atom. The molecule has 2 N–H and O–H groups in total. The molecule has 0 saturated carbocycles. The number of methoxy groups -OCH3 is 1. The van der Waals surface area contributed by atoms with Crippen LogP contribution in [0.1, 0.15) is 13.3 Å². The molecule has 2 aliphatic rings. The highest BCUT2D eigenvalue weighted by Crippen LogP contribution is 2.22. The number of morpholine rings is 1. The van der Waals surface area contributed by atoms with Crippen molar-refractivity contribution in [2.75, 3.05) is 59.7 Å². The third-order valence-electron chi connectivity index (χ3n) is 4.55. The van der Waals surface area contributed by atoms with Gasteiger partial charge in [-0.05, 0) is 12.3 Å². The summed E-state index contributed by atoms with van der Waals surface area (Å²) in [6, 6.07) is 1.14. The van der Waals surface area contributed by atoms with Crippen molar-refractivity contribution >= 4 is 0 Å². The van der Waals surface area contributed by atoms with Crippen LogP contribution in [-0.4, -0.2) is 81.5 Å². The lowest BCUT2D eigenvalue weighted by molar-refractivity contribution is 0.0161. The van der Waals surface area contributed by atoms with Crippen molar-refractivity contribution in [1.82, 2.24) is 9.80 Å². The molecule has 3 unspecified atom stereocenters. The topological polar surface area (TPSA) is 51.0 Å². The lowest BCUT2D eigenvalue weighted by Gasteiger charge is -2.34. The first-order valence-corrected chi connectivity index (χ1v) is 7.51. The van der Waals surface area contributed by atoms with Crippen LogP contribution in [0.3, 0.4) is 0 Å². The first-order chi connectivity index (χ1) is 9.26. The standard InChI is InChI=1S/C14H29N3O2/c1-12(11-18-2)14(9-15)17-4-3-13(10-17)16-5-7-19-8-6-16/h12-14H,3-11,15H2,1-2H3. The number of nitrogens with zero attached hydrogens (tertiary/aromatic N) is 2. The van der Waals surface area contributed by atoms with Crippen molar-refractivity contribution in [3.8, 4) is 0 Å². The highest BCUT2D eigenvalue weighted by Gasteiger charge is 2.33. The summed E-state index contributed by atoms with van der Waals surface area (Å²) >= 11 is 0. The van der Waals surface area contributed by atoms with Crippen molar-refractivity contribution in [3.05, 3.63) is 0 Å². The Kier molecular flexibility index (Phi) is 6.04. The van der Waals surface area contributed by atoms with Gasteiger partial charge in [-0.25, -0.2) is 0 Å². The molecule has 0 amide bonds. The molecule has 3 atom stereocenters. The lowest BCUT2D eigenvalue weighted by Crippen LogP contribution is -2.48. The SMILES string of the molecule is COCC(C)C(CN)N1CCC(N2CCOCC2)C1. The smallest absolute Gasteiger partial charge is 0.0594 e. The number of hydrogen-bond acceptors (Lipinski definition) is 5. The summed E-state index contributed by atoms with van der Waals surface area (Å²) in [6.07, 6.45) is 1.26. The zero-order valence-corrected chi connectivity index (χ0v) is 12.4. The molecular weight excluding hydrogens is 242 g/mol. The Bertz CT molecular complexity index is 259. The zero-order valence-electron chi connectivity index (χ0n) is 12.4. The van der Waals surface area contributed by atoms with E-state index in [0.29, 0.717) is 18.0 Å². The maximum Gasteiger partial charge on any atom is 0.0594 e. The average molecular weight is 271 g/mol. The Hall–Kier alpha value is -0.200. The molecule has 2 heterocycles. The van der Waals surface area contributed by atoms with Crippen LogP contribution in [0.5, 0.6) is 0 Å². The van der Waals surface area contributed by atoms with Gasteiger partial charge in [-0.1, -0.05) is 6.92 Å². The number of rotatable bonds is 6. The molecule has 0 radical (unpaired) electrons. The van der Waals surface area contributed by atoms with Gasteiger partial charge in [-0.2, -0.15) is 0 Å². The Labute approximate surface area is 117 Å². The van der Waals surface area contributed by atoms with Gasteiger partial charge in [0.25, 0.3) is 0 Å². The van der Waals surface area contributed by atoms with Crippen LogP contribution in [-0.2, 0) is 9.47 Å². The molecule has 19 heavy (non-hydrogen) atoms. The second-order valence-electron chi connectivity index (χ2n) is 5.82. The molecule has 0 aromatic heterocycles. The van der Waals surface area contributed by atoms with Crippen molar-refractivity contribution in [2.45, 2.75) is 25.4 Å². The van der Waals surface area contributed by atoms with Crippen molar-refractivity contribution < 1.29 is 9.47 Å². The number of nitrogens with two attached hydrogens (primary N) is 1. The minimum atomic E-state index is 0.450. The van der Waals surface area contributed by atoms with Gasteiger partial charge in [0, 0.05) is 51.9 Å². The minimum Gasteiger partial charge on any atom is -0.384 e. The fraction of sp³-hybridized carbons (Fsp3) is 1.00. The van der Waals surface area contributed by atoms with Crippen molar-refractivity contribution in [3.63, 3.8) is 0 Å². The molecule has 0 aromatic rings. The summed E-state index contributed by atoms with van der Waals surface area (Å²) < 4.78 is 10.7. The predicted octanol–water partition coefficient (Wildman–Crippen LogP) is 0.00270. The maximum absolute atomic E-state index is 5.98. The minimum absolute atomic E-state index is 0.450. The molecule has 0 bridgehead atoms. The Balaban J connectivity index is 1.85. The monoisotopic (exact) mass is 271 g/mol. The Morgan fingerprint density at radius 1 is 1.32 bits per heavy atom. The highest BCUT2D eigenvalue weighted by molar-refractivity contribution is 4.89. The van der Waals surface area contributed by atoms with E-state index in [-0.39, 0.29) is 0 Å². The molecule has 0 aromatic carbocycles. The first kappa shape index (κ1) is 15.2. The van der Waals surface area contributed by atoms with Crippen LogP contribution >= 0.6 is 0 Å². The predicted molar refractivity (Wildman–Crippen MR) is 76.3 cm³/mol. The van der Waals surface area contributed by atoms with E-state index in [9.17, 15) is 0 Å². The quantitative estimate of drug-likeness (QED) is 0.737. The summed E-state index contributed by atoms with van der Waals surface area (Å²) in [6.45, 7) is 10.0. The van der Waals surface area contributed by atoms with Gasteiger partial charge < -0.3 is 15.2 Å². The Morgan fingerprint density at radius 3 is 2.68 bits per heavy atom. The van der Waals surface area contributed by atoms with E-state index < -0.39 is 0 Å². The molecule has 5 heteroatoms. The van der Waals surface area contributed by atoms with Gasteiger partial charge in [0.05, 0.1) is 19.8 Å². The number of hydrogen-bond donors (Lipinski definition) is 1. The van der Waals surface area contributed by atoms with E-state index in [1.165, 1.54) is 6.42 Å². The first-order valence-electron chi connectivity index (χ1n) is 7.51. The van der Waals surface area contributed by atoms with Gasteiger partial charge in [-0.3, -0.25) is 9.80 Å². The van der Waals surface area contributed by atoms with Gasteiger partial charge >= 0.3 is 0 Å². The third kappa shape index (κ3) is 3.89. The van der Waals surface area contributed by atoms with Crippen LogP contribution in [0, 0.1) is 5.92 Å². The van der Waals surface area contributed by atoms with Crippen LogP contribution in [0.15, 0.2) is 0 Å². The fourth-order valence-electron chi connectivity index (χ4n) is 3.43. The molecule has 2 rings (SSSR count). The molecule has 2 fully saturated rings. The van der Waals surface area contributed by atoms with E-state index >= 15 is 0 Å². The van der Waals surface area contributed by atoms with Crippen molar-refractivity contribution in [2.24, 2.45) is 11.7 Å². The zero-order chi connectivity index (χ0) is 13.7. The molecule has 0 aliphatic carbocycles. The summed E-state index contributed by atoms with van der Waals surface area (Å²) in [5.41, 5.74) is 5.98. The molecule has 2 saturated heterocycles.